The number of hydrogen-bond donors (Lipinski definition) is 1. The van der Waals surface area contributed by atoms with Crippen molar-refractivity contribution in [1.82, 2.24) is 10.2 Å². The molecule has 0 fully saturated rings. The molecule has 1 rings (SSSR count). The SMILES string of the molecule is C=C(Cl)CNCC(c1cccc(OC)c1)N(C)C. The summed E-state index contributed by atoms with van der Waals surface area (Å²) in [6.45, 7) is 5.10. The minimum Gasteiger partial charge on any atom is -0.497 e. The van der Waals surface area contributed by atoms with Crippen molar-refractivity contribution in [2.45, 2.75) is 6.04 Å². The Morgan fingerprint density at radius 3 is 2.78 bits per heavy atom. The molecule has 1 unspecified atom stereocenters. The number of nitrogens with one attached hydrogen (secondary N) is 1. The van der Waals surface area contributed by atoms with E-state index in [1.807, 2.05) is 12.1 Å². The zero-order valence-corrected chi connectivity index (χ0v) is 12.0. The molecule has 0 aliphatic rings. The molecule has 0 spiro atoms. The second-order valence-corrected chi connectivity index (χ2v) is 4.94. The topological polar surface area (TPSA) is 24.5 Å². The Kier molecular flexibility index (Phi) is 6.19. The van der Waals surface area contributed by atoms with E-state index in [2.05, 4.69) is 43.0 Å². The molecule has 0 saturated carbocycles. The predicted molar refractivity (Wildman–Crippen MR) is 77.3 cm³/mol. The summed E-state index contributed by atoms with van der Waals surface area (Å²) in [5.74, 6) is 0.876. The van der Waals surface area contributed by atoms with E-state index in [1.165, 1.54) is 5.56 Å². The molecule has 1 atom stereocenters. The van der Waals surface area contributed by atoms with Crippen LogP contribution in [0.25, 0.3) is 0 Å². The normalized spacial score (nSPS) is 12.5. The molecule has 0 radical (unpaired) electrons. The number of likely N-dealkylation sites (N-methyl/N-ethyl adjacent to an activating group) is 1. The Hall–Kier alpha value is -1.03. The Morgan fingerprint density at radius 1 is 1.50 bits per heavy atom. The number of benzene rings is 1. The maximum Gasteiger partial charge on any atom is 0.119 e. The highest BCUT2D eigenvalue weighted by atomic mass is 35.5. The summed E-state index contributed by atoms with van der Waals surface area (Å²) < 4.78 is 5.25. The van der Waals surface area contributed by atoms with Crippen molar-refractivity contribution in [3.63, 3.8) is 0 Å². The van der Waals surface area contributed by atoms with Gasteiger partial charge in [0.05, 0.1) is 7.11 Å². The van der Waals surface area contributed by atoms with Gasteiger partial charge in [-0.1, -0.05) is 30.3 Å². The third-order valence-corrected chi connectivity index (χ3v) is 2.89. The molecule has 100 valence electrons. The summed E-state index contributed by atoms with van der Waals surface area (Å²) >= 11 is 5.74. The van der Waals surface area contributed by atoms with Crippen LogP contribution in [0.15, 0.2) is 35.9 Å². The smallest absolute Gasteiger partial charge is 0.119 e. The van der Waals surface area contributed by atoms with Crippen LogP contribution < -0.4 is 10.1 Å². The third-order valence-electron chi connectivity index (χ3n) is 2.76. The average molecular weight is 269 g/mol. The van der Waals surface area contributed by atoms with Gasteiger partial charge in [0.15, 0.2) is 0 Å². The summed E-state index contributed by atoms with van der Waals surface area (Å²) in [6, 6.07) is 8.39. The van der Waals surface area contributed by atoms with Crippen LogP contribution in [-0.2, 0) is 0 Å². The fourth-order valence-corrected chi connectivity index (χ4v) is 1.89. The lowest BCUT2D eigenvalue weighted by atomic mass is 10.1. The molecule has 0 amide bonds. The Balaban J connectivity index is 2.73. The molecular weight excluding hydrogens is 248 g/mol. The van der Waals surface area contributed by atoms with E-state index < -0.39 is 0 Å². The van der Waals surface area contributed by atoms with Crippen molar-refractivity contribution in [1.29, 1.82) is 0 Å². The predicted octanol–water partition coefficient (Wildman–Crippen LogP) is 2.64. The molecule has 0 aliphatic carbocycles. The lowest BCUT2D eigenvalue weighted by molar-refractivity contribution is 0.290. The summed E-state index contributed by atoms with van der Waals surface area (Å²) in [7, 11) is 5.79. The van der Waals surface area contributed by atoms with E-state index in [9.17, 15) is 0 Å². The quantitative estimate of drug-likeness (QED) is 0.823. The minimum atomic E-state index is 0.274. The van der Waals surface area contributed by atoms with Crippen LogP contribution >= 0.6 is 11.6 Å². The van der Waals surface area contributed by atoms with E-state index in [0.29, 0.717) is 11.6 Å². The van der Waals surface area contributed by atoms with Crippen LogP contribution in [-0.4, -0.2) is 39.2 Å². The van der Waals surface area contributed by atoms with E-state index >= 15 is 0 Å². The first-order valence-electron chi connectivity index (χ1n) is 5.89. The molecule has 0 saturated heterocycles. The Labute approximate surface area is 114 Å². The lowest BCUT2D eigenvalue weighted by Gasteiger charge is -2.25. The van der Waals surface area contributed by atoms with Crippen molar-refractivity contribution in [2.75, 3.05) is 34.3 Å². The second-order valence-electron chi connectivity index (χ2n) is 4.40. The van der Waals surface area contributed by atoms with Crippen LogP contribution in [0.2, 0.25) is 0 Å². The standard InChI is InChI=1S/C14H21ClN2O/c1-11(15)9-16-10-14(17(2)3)12-6-5-7-13(8-12)18-4/h5-8,14,16H,1,9-10H2,2-4H3. The van der Waals surface area contributed by atoms with Crippen molar-refractivity contribution in [3.05, 3.63) is 41.4 Å². The van der Waals surface area contributed by atoms with Crippen molar-refractivity contribution >= 4 is 11.6 Å². The number of halogens is 1. The molecule has 0 aliphatic heterocycles. The Bertz CT molecular complexity index is 393. The molecule has 1 aromatic rings. The van der Waals surface area contributed by atoms with Gasteiger partial charge in [-0.25, -0.2) is 0 Å². The fraction of sp³-hybridized carbons (Fsp3) is 0.429. The highest BCUT2D eigenvalue weighted by molar-refractivity contribution is 6.29. The number of rotatable bonds is 7. The summed E-state index contributed by atoms with van der Waals surface area (Å²) in [6.07, 6.45) is 0. The fourth-order valence-electron chi connectivity index (χ4n) is 1.79. The van der Waals surface area contributed by atoms with E-state index in [0.717, 1.165) is 12.3 Å². The van der Waals surface area contributed by atoms with Gasteiger partial charge in [-0.05, 0) is 31.8 Å². The third kappa shape index (κ3) is 4.69. The number of methoxy groups -OCH3 is 1. The van der Waals surface area contributed by atoms with Crippen LogP contribution in [0, 0.1) is 0 Å². The highest BCUT2D eigenvalue weighted by Crippen LogP contribution is 2.22. The maximum absolute atomic E-state index is 5.74. The molecule has 0 bridgehead atoms. The van der Waals surface area contributed by atoms with Gasteiger partial charge < -0.3 is 15.0 Å². The van der Waals surface area contributed by atoms with Gasteiger partial charge in [-0.3, -0.25) is 0 Å². The van der Waals surface area contributed by atoms with Gasteiger partial charge in [0.2, 0.25) is 0 Å². The zero-order chi connectivity index (χ0) is 13.5. The van der Waals surface area contributed by atoms with Gasteiger partial charge in [0.1, 0.15) is 5.75 Å². The monoisotopic (exact) mass is 268 g/mol. The minimum absolute atomic E-state index is 0.274. The van der Waals surface area contributed by atoms with Gasteiger partial charge >= 0.3 is 0 Å². The summed E-state index contributed by atoms with van der Waals surface area (Å²) in [5.41, 5.74) is 1.21. The molecule has 18 heavy (non-hydrogen) atoms. The largest absolute Gasteiger partial charge is 0.497 e. The summed E-state index contributed by atoms with van der Waals surface area (Å²) in [4.78, 5) is 2.17. The van der Waals surface area contributed by atoms with Crippen LogP contribution in [0.4, 0.5) is 0 Å². The maximum atomic E-state index is 5.74. The van der Waals surface area contributed by atoms with Crippen LogP contribution in [0.5, 0.6) is 5.75 Å². The van der Waals surface area contributed by atoms with Crippen molar-refractivity contribution in [3.8, 4) is 5.75 Å². The number of nitrogens with zero attached hydrogens (tertiary/aromatic N) is 1. The molecule has 1 N–H and O–H groups in total. The highest BCUT2D eigenvalue weighted by Gasteiger charge is 2.14. The molecular formula is C14H21ClN2O. The van der Waals surface area contributed by atoms with E-state index in [-0.39, 0.29) is 6.04 Å². The Morgan fingerprint density at radius 2 is 2.22 bits per heavy atom. The number of ether oxygens (including phenoxy) is 1. The van der Waals surface area contributed by atoms with Crippen LogP contribution in [0.1, 0.15) is 11.6 Å². The van der Waals surface area contributed by atoms with Gasteiger partial charge in [0, 0.05) is 24.2 Å². The van der Waals surface area contributed by atoms with E-state index in [4.69, 9.17) is 16.3 Å². The first kappa shape index (κ1) is 15.0. The molecule has 4 heteroatoms. The van der Waals surface area contributed by atoms with Gasteiger partial charge in [-0.2, -0.15) is 0 Å². The average Bonchev–Trinajstić information content (AvgIpc) is 2.34. The zero-order valence-electron chi connectivity index (χ0n) is 11.2. The van der Waals surface area contributed by atoms with Gasteiger partial charge in [0.25, 0.3) is 0 Å². The van der Waals surface area contributed by atoms with Gasteiger partial charge in [-0.15, -0.1) is 0 Å². The second kappa shape index (κ2) is 7.41. The molecule has 0 aromatic heterocycles. The van der Waals surface area contributed by atoms with E-state index in [1.54, 1.807) is 7.11 Å². The molecule has 0 heterocycles. The van der Waals surface area contributed by atoms with Crippen molar-refractivity contribution < 1.29 is 4.74 Å². The lowest BCUT2D eigenvalue weighted by Crippen LogP contribution is -2.31. The first-order valence-corrected chi connectivity index (χ1v) is 6.26. The first-order chi connectivity index (χ1) is 8.54. The van der Waals surface area contributed by atoms with Crippen molar-refractivity contribution in [2.24, 2.45) is 0 Å². The molecule has 3 nitrogen and oxygen atoms in total. The summed E-state index contributed by atoms with van der Waals surface area (Å²) in [5, 5.41) is 3.91. The number of hydrogen-bond acceptors (Lipinski definition) is 3. The van der Waals surface area contributed by atoms with Crippen LogP contribution in [0.3, 0.4) is 0 Å². The molecule has 1 aromatic carbocycles.